The minimum atomic E-state index is -1.77. The number of carbonyl (C=O) groups excluding carboxylic acids is 1. The average molecular weight is 260 g/mol. The maximum Gasteiger partial charge on any atom is 0.337 e. The summed E-state index contributed by atoms with van der Waals surface area (Å²) in [4.78, 5) is 11.6. The fourth-order valence-electron chi connectivity index (χ4n) is 2.77. The van der Waals surface area contributed by atoms with Gasteiger partial charge in [0.05, 0.1) is 36.6 Å². The normalized spacial score (nSPS) is 47.0. The van der Waals surface area contributed by atoms with E-state index >= 15 is 0 Å². The highest BCUT2D eigenvalue weighted by Gasteiger charge is 2.62. The van der Waals surface area contributed by atoms with E-state index in [0.717, 1.165) is 6.26 Å². The monoisotopic (exact) mass is 260 g/mol. The van der Waals surface area contributed by atoms with Gasteiger partial charge < -0.3 is 29.9 Å². The van der Waals surface area contributed by atoms with E-state index in [9.17, 15) is 25.2 Å². The number of aliphatic hydroxyl groups is 4. The molecule has 1 aliphatic carbocycles. The number of carbonyl (C=O) groups is 1. The molecule has 0 spiro atoms. The summed E-state index contributed by atoms with van der Waals surface area (Å²) >= 11 is 0. The Hall–Kier alpha value is -1.15. The lowest BCUT2D eigenvalue weighted by molar-refractivity contribution is -0.179. The van der Waals surface area contributed by atoms with Crippen LogP contribution in [0.2, 0.25) is 0 Å². The van der Waals surface area contributed by atoms with Crippen LogP contribution < -0.4 is 0 Å². The van der Waals surface area contributed by atoms with Gasteiger partial charge in [-0.3, -0.25) is 0 Å². The predicted octanol–water partition coefficient (Wildman–Crippen LogP) is -1.89. The Kier molecular flexibility index (Phi) is 3.10. The molecule has 0 amide bonds. The van der Waals surface area contributed by atoms with E-state index in [1.807, 2.05) is 0 Å². The molecular weight excluding hydrogens is 244 g/mol. The van der Waals surface area contributed by atoms with Gasteiger partial charge in [-0.25, -0.2) is 4.79 Å². The Morgan fingerprint density at radius 3 is 2.61 bits per heavy atom. The lowest BCUT2D eigenvalue weighted by atomic mass is 9.81. The third-order valence-corrected chi connectivity index (χ3v) is 3.77. The van der Waals surface area contributed by atoms with Crippen molar-refractivity contribution in [3.63, 3.8) is 0 Å². The average Bonchev–Trinajstić information content (AvgIpc) is 2.51. The SMILES string of the molecule is COC(=O)C1=COC(O)[C@H]2[C@@H]1[C@H](O)[C@H](O)C2(C)O. The Morgan fingerprint density at radius 2 is 2.06 bits per heavy atom. The van der Waals surface area contributed by atoms with Crippen molar-refractivity contribution < 1.29 is 34.7 Å². The summed E-state index contributed by atoms with van der Waals surface area (Å²) in [5.41, 5.74) is -1.78. The summed E-state index contributed by atoms with van der Waals surface area (Å²) in [6.45, 7) is 1.28. The van der Waals surface area contributed by atoms with Crippen molar-refractivity contribution in [2.45, 2.75) is 31.0 Å². The van der Waals surface area contributed by atoms with E-state index in [1.54, 1.807) is 0 Å². The van der Waals surface area contributed by atoms with Crippen molar-refractivity contribution in [3.05, 3.63) is 11.8 Å². The third kappa shape index (κ3) is 1.63. The van der Waals surface area contributed by atoms with E-state index in [4.69, 9.17) is 4.74 Å². The topological polar surface area (TPSA) is 116 Å². The fraction of sp³-hybridized carbons (Fsp3) is 0.727. The molecule has 6 atom stereocenters. The van der Waals surface area contributed by atoms with Gasteiger partial charge in [-0.05, 0) is 6.92 Å². The molecule has 1 aliphatic heterocycles. The number of aliphatic hydroxyl groups excluding tert-OH is 3. The molecule has 7 nitrogen and oxygen atoms in total. The second-order valence-electron chi connectivity index (χ2n) is 4.80. The zero-order valence-corrected chi connectivity index (χ0v) is 9.98. The van der Waals surface area contributed by atoms with Gasteiger partial charge in [-0.15, -0.1) is 0 Å². The molecule has 0 aromatic heterocycles. The van der Waals surface area contributed by atoms with Crippen molar-refractivity contribution in [1.82, 2.24) is 0 Å². The van der Waals surface area contributed by atoms with Crippen LogP contribution >= 0.6 is 0 Å². The van der Waals surface area contributed by atoms with Crippen molar-refractivity contribution in [3.8, 4) is 0 Å². The number of esters is 1. The third-order valence-electron chi connectivity index (χ3n) is 3.77. The van der Waals surface area contributed by atoms with Crippen LogP contribution in [-0.4, -0.2) is 57.6 Å². The maximum atomic E-state index is 11.6. The van der Waals surface area contributed by atoms with Gasteiger partial charge in [0, 0.05) is 5.92 Å². The number of hydrogen-bond donors (Lipinski definition) is 4. The van der Waals surface area contributed by atoms with Gasteiger partial charge in [0.2, 0.25) is 6.29 Å². The Bertz CT molecular complexity index is 389. The molecule has 2 rings (SSSR count). The maximum absolute atomic E-state index is 11.6. The van der Waals surface area contributed by atoms with Gasteiger partial charge in [-0.2, -0.15) is 0 Å². The highest BCUT2D eigenvalue weighted by atomic mass is 16.6. The zero-order chi connectivity index (χ0) is 13.7. The highest BCUT2D eigenvalue weighted by Crippen LogP contribution is 2.48. The van der Waals surface area contributed by atoms with E-state index in [2.05, 4.69) is 4.74 Å². The van der Waals surface area contributed by atoms with Crippen LogP contribution in [0, 0.1) is 11.8 Å². The molecule has 0 bridgehead atoms. The lowest BCUT2D eigenvalue weighted by Gasteiger charge is -2.36. The number of methoxy groups -OCH3 is 1. The van der Waals surface area contributed by atoms with Gasteiger partial charge in [-0.1, -0.05) is 0 Å². The second kappa shape index (κ2) is 4.20. The van der Waals surface area contributed by atoms with Gasteiger partial charge in [0.15, 0.2) is 0 Å². The fourth-order valence-corrected chi connectivity index (χ4v) is 2.77. The summed E-state index contributed by atoms with van der Waals surface area (Å²) < 4.78 is 9.41. The molecule has 1 saturated carbocycles. The number of fused-ring (bicyclic) bond motifs is 1. The van der Waals surface area contributed by atoms with Crippen LogP contribution in [0.15, 0.2) is 11.8 Å². The molecular formula is C11H16O7. The van der Waals surface area contributed by atoms with Crippen LogP contribution in [0.25, 0.3) is 0 Å². The molecule has 1 fully saturated rings. The minimum absolute atomic E-state index is 0.0166. The summed E-state index contributed by atoms with van der Waals surface area (Å²) in [5.74, 6) is -2.69. The largest absolute Gasteiger partial charge is 0.472 e. The van der Waals surface area contributed by atoms with Crippen LogP contribution in [0.4, 0.5) is 0 Å². The summed E-state index contributed by atoms with van der Waals surface area (Å²) in [5, 5.41) is 39.6. The van der Waals surface area contributed by atoms with E-state index < -0.39 is 41.9 Å². The van der Waals surface area contributed by atoms with Crippen molar-refractivity contribution in [2.75, 3.05) is 7.11 Å². The van der Waals surface area contributed by atoms with Crippen molar-refractivity contribution >= 4 is 5.97 Å². The van der Waals surface area contributed by atoms with E-state index in [-0.39, 0.29) is 5.57 Å². The van der Waals surface area contributed by atoms with Crippen LogP contribution in [0.5, 0.6) is 0 Å². The van der Waals surface area contributed by atoms with Crippen molar-refractivity contribution in [1.29, 1.82) is 0 Å². The highest BCUT2D eigenvalue weighted by molar-refractivity contribution is 5.89. The molecule has 2 aliphatic rings. The summed E-state index contributed by atoms with van der Waals surface area (Å²) in [6, 6.07) is 0. The first kappa shape index (κ1) is 13.3. The molecule has 2 unspecified atom stereocenters. The number of hydrogen-bond acceptors (Lipinski definition) is 7. The molecule has 102 valence electrons. The molecule has 7 heteroatoms. The Labute approximate surface area is 103 Å². The first-order valence-electron chi connectivity index (χ1n) is 5.52. The van der Waals surface area contributed by atoms with E-state index in [1.165, 1.54) is 14.0 Å². The van der Waals surface area contributed by atoms with Crippen LogP contribution in [-0.2, 0) is 14.3 Å². The first-order chi connectivity index (χ1) is 8.32. The molecule has 0 radical (unpaired) electrons. The minimum Gasteiger partial charge on any atom is -0.472 e. The predicted molar refractivity (Wildman–Crippen MR) is 56.8 cm³/mol. The molecule has 4 N–H and O–H groups in total. The first-order valence-corrected chi connectivity index (χ1v) is 5.52. The Balaban J connectivity index is 2.44. The standard InChI is InChI=1S/C11H16O7/c1-11(16)6-5(7(12)8(11)13)4(9(14)17-2)3-18-10(6)15/h3,5-8,10,12-13,15-16H,1-2H3/t5-,6-,7+,8+,10?,11?/m1/s1. The molecule has 1 heterocycles. The van der Waals surface area contributed by atoms with Gasteiger partial charge in [0.1, 0.15) is 6.10 Å². The van der Waals surface area contributed by atoms with E-state index in [0.29, 0.717) is 0 Å². The van der Waals surface area contributed by atoms with Gasteiger partial charge >= 0.3 is 5.97 Å². The van der Waals surface area contributed by atoms with Crippen molar-refractivity contribution in [2.24, 2.45) is 11.8 Å². The summed E-state index contributed by atoms with van der Waals surface area (Å²) in [7, 11) is 1.17. The summed E-state index contributed by atoms with van der Waals surface area (Å²) in [6.07, 6.45) is -3.29. The number of rotatable bonds is 1. The number of ether oxygens (including phenoxy) is 2. The lowest BCUT2D eigenvalue weighted by Crippen LogP contribution is -2.48. The zero-order valence-electron chi connectivity index (χ0n) is 9.98. The van der Waals surface area contributed by atoms with Crippen LogP contribution in [0.3, 0.4) is 0 Å². The van der Waals surface area contributed by atoms with Crippen LogP contribution in [0.1, 0.15) is 6.92 Å². The molecule has 0 saturated heterocycles. The molecule has 0 aromatic carbocycles. The van der Waals surface area contributed by atoms with Gasteiger partial charge in [0.25, 0.3) is 0 Å². The quantitative estimate of drug-likeness (QED) is 0.407. The molecule has 0 aromatic rings. The molecule has 18 heavy (non-hydrogen) atoms. The Morgan fingerprint density at radius 1 is 1.44 bits per heavy atom. The second-order valence-corrected chi connectivity index (χ2v) is 4.80. The smallest absolute Gasteiger partial charge is 0.337 e.